The highest BCUT2D eigenvalue weighted by Gasteiger charge is 2.19. The molecule has 0 fully saturated rings. The van der Waals surface area contributed by atoms with Crippen molar-refractivity contribution in [3.8, 4) is 0 Å². The van der Waals surface area contributed by atoms with Gasteiger partial charge in [-0.3, -0.25) is 14.4 Å². The van der Waals surface area contributed by atoms with Crippen molar-refractivity contribution in [2.24, 2.45) is 0 Å². The van der Waals surface area contributed by atoms with Crippen LogP contribution in [0.25, 0.3) is 0 Å². The molecular formula is C56H86O6. The van der Waals surface area contributed by atoms with Gasteiger partial charge in [-0.2, -0.15) is 0 Å². The molecule has 0 aliphatic rings. The predicted octanol–water partition coefficient (Wildman–Crippen LogP) is 15.9. The standard InChI is InChI=1S/C56H86O6/c1-4-7-10-13-16-19-22-25-26-27-28-29-30-32-34-37-40-43-46-49-55(58)61-52-53(51-60-54(57)48-45-42-39-36-33-24-21-18-15-12-9-6-3)62-56(59)50-47-44-41-38-35-31-23-20-17-14-11-8-5-2/h7-8,10-11,14,16-21,23,25-26,28-29,31-32,34-35,40,43,53H,4-6,9,12-13,15,22,24,27,30,33,36-39,41-42,44-52H2,1-3H3/b10-7-,11-8-,17-14-,19-16-,21-18-,23-20-,26-25-,29-28-,34-32-,35-31-,43-40-. The number of carbonyl (C=O) groups excluding carboxylic acids is 3. The van der Waals surface area contributed by atoms with Gasteiger partial charge < -0.3 is 14.2 Å². The van der Waals surface area contributed by atoms with Crippen molar-refractivity contribution in [1.29, 1.82) is 0 Å². The van der Waals surface area contributed by atoms with Crippen LogP contribution in [0.4, 0.5) is 0 Å². The molecule has 346 valence electrons. The second-order valence-corrected chi connectivity index (χ2v) is 15.3. The monoisotopic (exact) mass is 855 g/mol. The Labute approximate surface area is 379 Å². The van der Waals surface area contributed by atoms with E-state index >= 15 is 0 Å². The van der Waals surface area contributed by atoms with Gasteiger partial charge in [0.25, 0.3) is 0 Å². The van der Waals surface area contributed by atoms with Crippen LogP contribution in [0, 0.1) is 0 Å². The molecule has 0 spiro atoms. The summed E-state index contributed by atoms with van der Waals surface area (Å²) in [5.41, 5.74) is 0. The fourth-order valence-corrected chi connectivity index (χ4v) is 5.88. The van der Waals surface area contributed by atoms with E-state index in [2.05, 4.69) is 106 Å². The number of allylic oxidation sites excluding steroid dienone is 22. The van der Waals surface area contributed by atoms with Crippen molar-refractivity contribution in [3.05, 3.63) is 134 Å². The van der Waals surface area contributed by atoms with Crippen LogP contribution in [0.5, 0.6) is 0 Å². The van der Waals surface area contributed by atoms with Crippen LogP contribution in [0.1, 0.15) is 181 Å². The number of carbonyl (C=O) groups is 3. The van der Waals surface area contributed by atoms with Crippen LogP contribution in [-0.4, -0.2) is 37.2 Å². The maximum absolute atomic E-state index is 12.7. The summed E-state index contributed by atoms with van der Waals surface area (Å²) in [5, 5.41) is 0. The highest BCUT2D eigenvalue weighted by atomic mass is 16.6. The lowest BCUT2D eigenvalue weighted by molar-refractivity contribution is -0.166. The van der Waals surface area contributed by atoms with Crippen molar-refractivity contribution in [1.82, 2.24) is 0 Å². The first-order valence-electron chi connectivity index (χ1n) is 24.2. The van der Waals surface area contributed by atoms with Gasteiger partial charge in [0.2, 0.25) is 0 Å². The minimum Gasteiger partial charge on any atom is -0.462 e. The van der Waals surface area contributed by atoms with Gasteiger partial charge in [0.15, 0.2) is 6.10 Å². The van der Waals surface area contributed by atoms with Crippen LogP contribution >= 0.6 is 0 Å². The quantitative estimate of drug-likeness (QED) is 0.0200. The Morgan fingerprint density at radius 3 is 1.29 bits per heavy atom. The minimum atomic E-state index is -0.836. The number of hydrogen-bond acceptors (Lipinski definition) is 6. The smallest absolute Gasteiger partial charge is 0.306 e. The molecule has 0 N–H and O–H groups in total. The van der Waals surface area contributed by atoms with E-state index in [1.54, 1.807) is 0 Å². The number of unbranched alkanes of at least 4 members (excludes halogenated alkanes) is 11. The van der Waals surface area contributed by atoms with Crippen molar-refractivity contribution < 1.29 is 28.6 Å². The summed E-state index contributed by atoms with van der Waals surface area (Å²) in [6.45, 7) is 6.22. The highest BCUT2D eigenvalue weighted by molar-refractivity contribution is 5.71. The molecule has 1 unspecified atom stereocenters. The first kappa shape index (κ1) is 57.5. The van der Waals surface area contributed by atoms with E-state index in [1.165, 1.54) is 32.1 Å². The number of esters is 3. The van der Waals surface area contributed by atoms with Gasteiger partial charge in [-0.15, -0.1) is 0 Å². The molecule has 0 aliphatic heterocycles. The first-order valence-corrected chi connectivity index (χ1v) is 24.2. The highest BCUT2D eigenvalue weighted by Crippen LogP contribution is 2.11. The summed E-state index contributed by atoms with van der Waals surface area (Å²) < 4.78 is 16.6. The SMILES string of the molecule is CC\C=C/C=C\C=C/C=C\CCCCCC(=O)OC(COC(=O)CC/C=C\C/C=C\C/C=C\C/C=C\C/C=C\C/C=C\CC)COC(=O)CCCCCCC/C=C\CCCCC. The lowest BCUT2D eigenvalue weighted by atomic mass is 10.1. The second-order valence-electron chi connectivity index (χ2n) is 15.3. The normalized spacial score (nSPS) is 13.3. The number of hydrogen-bond donors (Lipinski definition) is 0. The molecule has 1 atom stereocenters. The van der Waals surface area contributed by atoms with E-state index < -0.39 is 6.10 Å². The summed E-state index contributed by atoms with van der Waals surface area (Å²) in [6, 6.07) is 0. The van der Waals surface area contributed by atoms with Gasteiger partial charge in [0.05, 0.1) is 0 Å². The topological polar surface area (TPSA) is 78.9 Å². The largest absolute Gasteiger partial charge is 0.462 e. The van der Waals surface area contributed by atoms with E-state index in [0.29, 0.717) is 19.3 Å². The van der Waals surface area contributed by atoms with Crippen molar-refractivity contribution >= 4 is 17.9 Å². The number of rotatable bonds is 41. The van der Waals surface area contributed by atoms with E-state index in [4.69, 9.17) is 14.2 Å². The maximum Gasteiger partial charge on any atom is 0.306 e. The van der Waals surface area contributed by atoms with Gasteiger partial charge in [-0.25, -0.2) is 0 Å². The molecule has 62 heavy (non-hydrogen) atoms. The van der Waals surface area contributed by atoms with Gasteiger partial charge >= 0.3 is 17.9 Å². The van der Waals surface area contributed by atoms with Crippen LogP contribution in [0.15, 0.2) is 134 Å². The van der Waals surface area contributed by atoms with Crippen molar-refractivity contribution in [3.63, 3.8) is 0 Å². The van der Waals surface area contributed by atoms with Gasteiger partial charge in [-0.05, 0) is 103 Å². The molecule has 0 aromatic heterocycles. The molecule has 6 nitrogen and oxygen atoms in total. The second kappa shape index (κ2) is 49.2. The summed E-state index contributed by atoms with van der Waals surface area (Å²) in [4.78, 5) is 37.8. The molecule has 0 heterocycles. The lowest BCUT2D eigenvalue weighted by Gasteiger charge is -2.18. The Morgan fingerprint density at radius 2 is 0.742 bits per heavy atom. The summed E-state index contributed by atoms with van der Waals surface area (Å²) in [7, 11) is 0. The third kappa shape index (κ3) is 46.6. The van der Waals surface area contributed by atoms with E-state index in [-0.39, 0.29) is 44.0 Å². The average Bonchev–Trinajstić information content (AvgIpc) is 3.27. The van der Waals surface area contributed by atoms with Crippen molar-refractivity contribution in [2.75, 3.05) is 13.2 Å². The third-order valence-electron chi connectivity index (χ3n) is 9.48. The predicted molar refractivity (Wildman–Crippen MR) is 265 cm³/mol. The zero-order chi connectivity index (χ0) is 45.1. The average molecular weight is 855 g/mol. The van der Waals surface area contributed by atoms with E-state index in [1.807, 2.05) is 48.6 Å². The Hall–Kier alpha value is -4.45. The van der Waals surface area contributed by atoms with E-state index in [9.17, 15) is 14.4 Å². The first-order chi connectivity index (χ1) is 30.5. The van der Waals surface area contributed by atoms with Crippen LogP contribution in [0.2, 0.25) is 0 Å². The third-order valence-corrected chi connectivity index (χ3v) is 9.48. The fraction of sp³-hybridized carbons (Fsp3) is 0.554. The van der Waals surface area contributed by atoms with Crippen LogP contribution in [-0.2, 0) is 28.6 Å². The Kier molecular flexibility index (Phi) is 45.7. The molecular weight excluding hydrogens is 769 g/mol. The maximum atomic E-state index is 12.7. The lowest BCUT2D eigenvalue weighted by Crippen LogP contribution is -2.30. The zero-order valence-corrected chi connectivity index (χ0v) is 39.3. The van der Waals surface area contributed by atoms with E-state index in [0.717, 1.165) is 96.3 Å². The fourth-order valence-electron chi connectivity index (χ4n) is 5.88. The molecule has 0 rings (SSSR count). The molecule has 0 aliphatic carbocycles. The molecule has 0 aromatic rings. The van der Waals surface area contributed by atoms with Crippen molar-refractivity contribution in [2.45, 2.75) is 187 Å². The summed E-state index contributed by atoms with van der Waals surface area (Å²) >= 11 is 0. The molecule has 0 radical (unpaired) electrons. The Bertz CT molecular complexity index is 1400. The number of ether oxygens (including phenoxy) is 3. The Morgan fingerprint density at radius 1 is 0.355 bits per heavy atom. The molecule has 0 bridgehead atoms. The van der Waals surface area contributed by atoms with Gasteiger partial charge in [-0.1, -0.05) is 193 Å². The molecule has 0 amide bonds. The molecule has 0 saturated heterocycles. The summed E-state index contributed by atoms with van der Waals surface area (Å²) in [6.07, 6.45) is 68.7. The molecule has 0 aromatic carbocycles. The Balaban J connectivity index is 4.59. The molecule has 6 heteroatoms. The molecule has 0 saturated carbocycles. The van der Waals surface area contributed by atoms with Gasteiger partial charge in [0, 0.05) is 19.3 Å². The van der Waals surface area contributed by atoms with Crippen LogP contribution < -0.4 is 0 Å². The summed E-state index contributed by atoms with van der Waals surface area (Å²) in [5.74, 6) is -1.08. The van der Waals surface area contributed by atoms with Crippen LogP contribution in [0.3, 0.4) is 0 Å². The van der Waals surface area contributed by atoms with Gasteiger partial charge in [0.1, 0.15) is 13.2 Å². The zero-order valence-electron chi connectivity index (χ0n) is 39.3. The minimum absolute atomic E-state index is 0.127.